The van der Waals surface area contributed by atoms with Crippen LogP contribution in [0.4, 0.5) is 11.4 Å². The fraction of sp³-hybridized carbons (Fsp3) is 0.562. The summed E-state index contributed by atoms with van der Waals surface area (Å²) in [5.41, 5.74) is 1.07. The number of fused-ring (bicyclic) bond motifs is 1. The molecule has 1 heterocycles. The van der Waals surface area contributed by atoms with E-state index in [2.05, 4.69) is 4.90 Å². The zero-order valence-corrected chi connectivity index (χ0v) is 12.0. The van der Waals surface area contributed by atoms with E-state index in [4.69, 9.17) is 0 Å². The number of aldehydes is 1. The number of carbonyl (C=O) groups excluding carboxylic acids is 1. The van der Waals surface area contributed by atoms with Crippen LogP contribution in [-0.4, -0.2) is 24.3 Å². The maximum Gasteiger partial charge on any atom is 0.293 e. The lowest BCUT2D eigenvalue weighted by molar-refractivity contribution is -0.384. The Kier molecular flexibility index (Phi) is 3.90. The van der Waals surface area contributed by atoms with Gasteiger partial charge in [-0.15, -0.1) is 0 Å². The number of hydrogen-bond donors (Lipinski definition) is 0. The summed E-state index contributed by atoms with van der Waals surface area (Å²) >= 11 is 0. The summed E-state index contributed by atoms with van der Waals surface area (Å²) in [7, 11) is 0. The van der Waals surface area contributed by atoms with E-state index in [0.717, 1.165) is 25.4 Å². The van der Waals surface area contributed by atoms with E-state index in [1.807, 2.05) is 0 Å². The molecular weight excluding hydrogens is 268 g/mol. The number of benzene rings is 1. The van der Waals surface area contributed by atoms with Gasteiger partial charge >= 0.3 is 0 Å². The molecule has 1 saturated heterocycles. The molecule has 0 aromatic heterocycles. The molecule has 1 aromatic rings. The Morgan fingerprint density at radius 3 is 2.67 bits per heavy atom. The standard InChI is InChI=1S/C16H20N2O3/c19-11-12-5-6-15(16(9-12)18(20)21)17-8-7-13-3-1-2-4-14(13)10-17/h5-6,9,11,13-14H,1-4,7-8,10H2. The molecule has 1 aliphatic carbocycles. The van der Waals surface area contributed by atoms with Crippen molar-refractivity contribution in [3.05, 3.63) is 33.9 Å². The highest BCUT2D eigenvalue weighted by molar-refractivity contribution is 5.79. The Labute approximate surface area is 124 Å². The highest BCUT2D eigenvalue weighted by atomic mass is 16.6. The smallest absolute Gasteiger partial charge is 0.293 e. The second kappa shape index (κ2) is 5.84. The Morgan fingerprint density at radius 2 is 1.95 bits per heavy atom. The minimum absolute atomic E-state index is 0.0499. The van der Waals surface area contributed by atoms with E-state index in [1.165, 1.54) is 31.7 Å². The van der Waals surface area contributed by atoms with E-state index in [0.29, 0.717) is 23.5 Å². The molecular formula is C16H20N2O3. The third kappa shape index (κ3) is 2.77. The SMILES string of the molecule is O=Cc1ccc(N2CCC3CCCCC3C2)c([N+](=O)[O-])c1. The summed E-state index contributed by atoms with van der Waals surface area (Å²) in [6.45, 7) is 1.79. The van der Waals surface area contributed by atoms with Crippen molar-refractivity contribution in [2.24, 2.45) is 11.8 Å². The molecule has 0 amide bonds. The summed E-state index contributed by atoms with van der Waals surface area (Å²) in [5, 5.41) is 11.3. The number of rotatable bonds is 3. The van der Waals surface area contributed by atoms with E-state index in [9.17, 15) is 14.9 Å². The average molecular weight is 288 g/mol. The van der Waals surface area contributed by atoms with Gasteiger partial charge in [-0.1, -0.05) is 19.3 Å². The Bertz CT molecular complexity index is 558. The van der Waals surface area contributed by atoms with Crippen LogP contribution in [0.2, 0.25) is 0 Å². The molecule has 2 unspecified atom stereocenters. The topological polar surface area (TPSA) is 63.5 Å². The van der Waals surface area contributed by atoms with Crippen LogP contribution in [0.3, 0.4) is 0 Å². The Morgan fingerprint density at radius 1 is 1.19 bits per heavy atom. The molecule has 0 bridgehead atoms. The molecule has 2 atom stereocenters. The second-order valence-electron chi connectivity index (χ2n) is 6.16. The van der Waals surface area contributed by atoms with Crippen LogP contribution in [0.25, 0.3) is 0 Å². The first kappa shape index (κ1) is 14.0. The predicted octanol–water partition coefficient (Wildman–Crippen LogP) is 3.42. The van der Waals surface area contributed by atoms with Crippen molar-refractivity contribution < 1.29 is 9.72 Å². The Balaban J connectivity index is 1.86. The van der Waals surface area contributed by atoms with Gasteiger partial charge in [-0.25, -0.2) is 0 Å². The van der Waals surface area contributed by atoms with Crippen molar-refractivity contribution in [2.45, 2.75) is 32.1 Å². The van der Waals surface area contributed by atoms with Crippen molar-refractivity contribution in [1.29, 1.82) is 0 Å². The van der Waals surface area contributed by atoms with Crippen molar-refractivity contribution in [2.75, 3.05) is 18.0 Å². The summed E-state index contributed by atoms with van der Waals surface area (Å²) in [6.07, 6.45) is 6.93. The maximum atomic E-state index is 11.3. The summed E-state index contributed by atoms with van der Waals surface area (Å²) < 4.78 is 0. The zero-order chi connectivity index (χ0) is 14.8. The molecule has 21 heavy (non-hydrogen) atoms. The first-order valence-corrected chi connectivity index (χ1v) is 7.67. The molecule has 1 saturated carbocycles. The normalized spacial score (nSPS) is 25.2. The summed E-state index contributed by atoms with van der Waals surface area (Å²) in [5.74, 6) is 1.46. The van der Waals surface area contributed by atoms with Gasteiger partial charge in [0.2, 0.25) is 0 Å². The van der Waals surface area contributed by atoms with Crippen LogP contribution in [0.15, 0.2) is 18.2 Å². The lowest BCUT2D eigenvalue weighted by Gasteiger charge is -2.42. The van der Waals surface area contributed by atoms with Gasteiger partial charge in [0.05, 0.1) is 4.92 Å². The van der Waals surface area contributed by atoms with Crippen LogP contribution in [-0.2, 0) is 0 Å². The van der Waals surface area contributed by atoms with Crippen LogP contribution in [0.5, 0.6) is 0 Å². The van der Waals surface area contributed by atoms with Crippen LogP contribution in [0, 0.1) is 22.0 Å². The first-order valence-electron chi connectivity index (χ1n) is 7.67. The first-order chi connectivity index (χ1) is 10.2. The van der Waals surface area contributed by atoms with Crippen molar-refractivity contribution in [3.63, 3.8) is 0 Å². The molecule has 112 valence electrons. The quantitative estimate of drug-likeness (QED) is 0.485. The van der Waals surface area contributed by atoms with E-state index < -0.39 is 0 Å². The highest BCUT2D eigenvalue weighted by Crippen LogP contribution is 2.39. The molecule has 2 fully saturated rings. The number of carbonyl (C=O) groups is 1. The van der Waals surface area contributed by atoms with Gasteiger partial charge in [0.1, 0.15) is 12.0 Å². The highest BCUT2D eigenvalue weighted by Gasteiger charge is 2.33. The number of nitro benzene ring substituents is 1. The average Bonchev–Trinajstić information content (AvgIpc) is 2.53. The van der Waals surface area contributed by atoms with E-state index in [1.54, 1.807) is 12.1 Å². The van der Waals surface area contributed by atoms with Crippen molar-refractivity contribution in [3.8, 4) is 0 Å². The molecule has 5 nitrogen and oxygen atoms in total. The molecule has 5 heteroatoms. The van der Waals surface area contributed by atoms with Crippen molar-refractivity contribution >= 4 is 17.7 Å². The van der Waals surface area contributed by atoms with Crippen LogP contribution in [0.1, 0.15) is 42.5 Å². The number of nitro groups is 1. The predicted molar refractivity (Wildman–Crippen MR) is 80.8 cm³/mol. The van der Waals surface area contributed by atoms with Gasteiger partial charge in [0.25, 0.3) is 5.69 Å². The summed E-state index contributed by atoms with van der Waals surface area (Å²) in [6, 6.07) is 4.78. The molecule has 1 aliphatic heterocycles. The molecule has 3 rings (SSSR count). The third-order valence-corrected chi connectivity index (χ3v) is 4.96. The molecule has 0 spiro atoms. The van der Waals surface area contributed by atoms with Gasteiger partial charge in [0.15, 0.2) is 0 Å². The number of anilines is 1. The molecule has 0 radical (unpaired) electrons. The molecule has 1 aromatic carbocycles. The van der Waals surface area contributed by atoms with Crippen LogP contribution >= 0.6 is 0 Å². The van der Waals surface area contributed by atoms with Gasteiger partial charge < -0.3 is 4.90 Å². The number of nitrogens with zero attached hydrogens (tertiary/aromatic N) is 2. The third-order valence-electron chi connectivity index (χ3n) is 4.96. The van der Waals surface area contributed by atoms with E-state index >= 15 is 0 Å². The minimum atomic E-state index is -0.380. The summed E-state index contributed by atoms with van der Waals surface area (Å²) in [4.78, 5) is 23.9. The van der Waals surface area contributed by atoms with Gasteiger partial charge in [0, 0.05) is 24.7 Å². The number of hydrogen-bond acceptors (Lipinski definition) is 4. The molecule has 0 N–H and O–H groups in total. The second-order valence-corrected chi connectivity index (χ2v) is 6.16. The Hall–Kier alpha value is -1.91. The lowest BCUT2D eigenvalue weighted by atomic mass is 9.75. The largest absolute Gasteiger partial charge is 0.366 e. The molecule has 2 aliphatic rings. The minimum Gasteiger partial charge on any atom is -0.366 e. The maximum absolute atomic E-state index is 11.3. The lowest BCUT2D eigenvalue weighted by Crippen LogP contribution is -2.42. The fourth-order valence-corrected chi connectivity index (χ4v) is 3.85. The van der Waals surface area contributed by atoms with Gasteiger partial charge in [-0.3, -0.25) is 14.9 Å². The fourth-order valence-electron chi connectivity index (χ4n) is 3.85. The zero-order valence-electron chi connectivity index (χ0n) is 12.0. The monoisotopic (exact) mass is 288 g/mol. The van der Waals surface area contributed by atoms with Crippen LogP contribution < -0.4 is 4.90 Å². The van der Waals surface area contributed by atoms with Crippen molar-refractivity contribution in [1.82, 2.24) is 0 Å². The van der Waals surface area contributed by atoms with Gasteiger partial charge in [-0.2, -0.15) is 0 Å². The van der Waals surface area contributed by atoms with Gasteiger partial charge in [-0.05, 0) is 36.8 Å². The number of piperidine rings is 1. The van der Waals surface area contributed by atoms with E-state index in [-0.39, 0.29) is 10.6 Å².